The van der Waals surface area contributed by atoms with Gasteiger partial charge >= 0.3 is 0 Å². The number of benzene rings is 1. The number of nitrogens with one attached hydrogen (secondary N) is 3. The molecule has 1 aliphatic rings. The maximum absolute atomic E-state index is 12.9. The quantitative estimate of drug-likeness (QED) is 0.695. The SMILES string of the molecule is C=CCNC(=O)C1CNNC1c1ccc(F)cc1. The van der Waals surface area contributed by atoms with Gasteiger partial charge in [-0.3, -0.25) is 10.2 Å². The van der Waals surface area contributed by atoms with Gasteiger partial charge in [0.2, 0.25) is 5.91 Å². The number of carbonyl (C=O) groups excluding carboxylic acids is 1. The van der Waals surface area contributed by atoms with Crippen molar-refractivity contribution in [2.45, 2.75) is 6.04 Å². The van der Waals surface area contributed by atoms with Crippen molar-refractivity contribution in [2.75, 3.05) is 13.1 Å². The lowest BCUT2D eigenvalue weighted by molar-refractivity contribution is -0.124. The molecule has 1 heterocycles. The van der Waals surface area contributed by atoms with E-state index in [0.717, 1.165) is 5.56 Å². The molecule has 1 aliphatic heterocycles. The van der Waals surface area contributed by atoms with E-state index >= 15 is 0 Å². The lowest BCUT2D eigenvalue weighted by Crippen LogP contribution is -2.35. The van der Waals surface area contributed by atoms with Crippen molar-refractivity contribution in [1.82, 2.24) is 16.2 Å². The Labute approximate surface area is 105 Å². The van der Waals surface area contributed by atoms with Crippen LogP contribution in [0.3, 0.4) is 0 Å². The van der Waals surface area contributed by atoms with E-state index in [4.69, 9.17) is 0 Å². The van der Waals surface area contributed by atoms with Gasteiger partial charge in [0, 0.05) is 13.1 Å². The molecule has 2 atom stereocenters. The molecule has 0 aliphatic carbocycles. The highest BCUT2D eigenvalue weighted by atomic mass is 19.1. The molecule has 1 amide bonds. The van der Waals surface area contributed by atoms with Crippen molar-refractivity contribution in [1.29, 1.82) is 0 Å². The maximum Gasteiger partial charge on any atom is 0.226 e. The topological polar surface area (TPSA) is 53.2 Å². The Morgan fingerprint density at radius 2 is 2.22 bits per heavy atom. The minimum absolute atomic E-state index is 0.0401. The fraction of sp³-hybridized carbons (Fsp3) is 0.308. The monoisotopic (exact) mass is 249 g/mol. The van der Waals surface area contributed by atoms with E-state index in [9.17, 15) is 9.18 Å². The van der Waals surface area contributed by atoms with Crippen LogP contribution in [0.25, 0.3) is 0 Å². The zero-order valence-corrected chi connectivity index (χ0v) is 9.95. The molecule has 1 aromatic rings. The molecule has 1 fully saturated rings. The first-order chi connectivity index (χ1) is 8.72. The smallest absolute Gasteiger partial charge is 0.226 e. The molecular formula is C13H16FN3O. The second-order valence-electron chi connectivity index (χ2n) is 4.19. The summed E-state index contributed by atoms with van der Waals surface area (Å²) < 4.78 is 12.9. The van der Waals surface area contributed by atoms with E-state index < -0.39 is 0 Å². The normalized spacial score (nSPS) is 22.7. The Balaban J connectivity index is 2.09. The molecule has 96 valence electrons. The Morgan fingerprint density at radius 3 is 2.89 bits per heavy atom. The minimum atomic E-state index is -0.280. The predicted octanol–water partition coefficient (Wildman–Crippen LogP) is 0.893. The molecule has 5 heteroatoms. The predicted molar refractivity (Wildman–Crippen MR) is 67.0 cm³/mol. The average Bonchev–Trinajstić information content (AvgIpc) is 2.86. The summed E-state index contributed by atoms with van der Waals surface area (Å²) in [5, 5.41) is 2.77. The molecule has 0 spiro atoms. The van der Waals surface area contributed by atoms with Gasteiger partial charge in [-0.15, -0.1) is 6.58 Å². The highest BCUT2D eigenvalue weighted by Crippen LogP contribution is 2.25. The van der Waals surface area contributed by atoms with Gasteiger partial charge in [-0.2, -0.15) is 0 Å². The van der Waals surface area contributed by atoms with Gasteiger partial charge in [-0.1, -0.05) is 18.2 Å². The number of hydrogen-bond acceptors (Lipinski definition) is 3. The second-order valence-corrected chi connectivity index (χ2v) is 4.19. The summed E-state index contributed by atoms with van der Waals surface area (Å²) in [6, 6.07) is 6.03. The second kappa shape index (κ2) is 5.75. The molecule has 2 rings (SSSR count). The van der Waals surface area contributed by atoms with Gasteiger partial charge in [0.1, 0.15) is 5.82 Å². The van der Waals surface area contributed by atoms with Crippen molar-refractivity contribution < 1.29 is 9.18 Å². The van der Waals surface area contributed by atoms with Crippen LogP contribution >= 0.6 is 0 Å². The lowest BCUT2D eigenvalue weighted by Gasteiger charge is -2.18. The number of hydrazine groups is 1. The van der Waals surface area contributed by atoms with Crippen LogP contribution in [-0.4, -0.2) is 19.0 Å². The molecule has 0 saturated carbocycles. The molecule has 1 saturated heterocycles. The Morgan fingerprint density at radius 1 is 1.50 bits per heavy atom. The Kier molecular flexibility index (Phi) is 4.07. The van der Waals surface area contributed by atoms with E-state index in [1.807, 2.05) is 0 Å². The van der Waals surface area contributed by atoms with Gasteiger partial charge in [0.25, 0.3) is 0 Å². The summed E-state index contributed by atoms with van der Waals surface area (Å²) in [4.78, 5) is 11.9. The lowest BCUT2D eigenvalue weighted by atomic mass is 9.94. The fourth-order valence-corrected chi connectivity index (χ4v) is 2.03. The van der Waals surface area contributed by atoms with Crippen molar-refractivity contribution in [2.24, 2.45) is 5.92 Å². The van der Waals surface area contributed by atoms with Crippen LogP contribution in [0.15, 0.2) is 36.9 Å². The Hall–Kier alpha value is -1.72. The van der Waals surface area contributed by atoms with Crippen LogP contribution in [-0.2, 0) is 4.79 Å². The first-order valence-electron chi connectivity index (χ1n) is 5.85. The number of halogens is 1. The number of amides is 1. The summed E-state index contributed by atoms with van der Waals surface area (Å²) in [7, 11) is 0. The molecule has 1 aromatic carbocycles. The van der Waals surface area contributed by atoms with Crippen molar-refractivity contribution >= 4 is 5.91 Å². The van der Waals surface area contributed by atoms with Crippen LogP contribution in [0, 0.1) is 11.7 Å². The van der Waals surface area contributed by atoms with Crippen LogP contribution in [0.4, 0.5) is 4.39 Å². The molecule has 3 N–H and O–H groups in total. The standard InChI is InChI=1S/C13H16FN3O/c1-2-7-15-13(18)11-8-16-17-12(11)9-3-5-10(14)6-4-9/h2-6,11-12,16-17H,1,7-8H2,(H,15,18). The molecule has 0 radical (unpaired) electrons. The van der Waals surface area contributed by atoms with Crippen LogP contribution in [0.1, 0.15) is 11.6 Å². The first-order valence-corrected chi connectivity index (χ1v) is 5.85. The van der Waals surface area contributed by atoms with Crippen molar-refractivity contribution in [3.63, 3.8) is 0 Å². The summed E-state index contributed by atoms with van der Waals surface area (Å²) in [6.07, 6.45) is 1.64. The van der Waals surface area contributed by atoms with Gasteiger partial charge in [0.15, 0.2) is 0 Å². The molecular weight excluding hydrogens is 233 g/mol. The third kappa shape index (κ3) is 2.75. The largest absolute Gasteiger partial charge is 0.352 e. The highest BCUT2D eigenvalue weighted by Gasteiger charge is 2.33. The Bertz CT molecular complexity index is 432. The molecule has 0 bridgehead atoms. The van der Waals surface area contributed by atoms with E-state index in [1.54, 1.807) is 18.2 Å². The van der Waals surface area contributed by atoms with Crippen molar-refractivity contribution in [3.8, 4) is 0 Å². The summed E-state index contributed by atoms with van der Waals surface area (Å²) in [5.74, 6) is -0.533. The molecule has 18 heavy (non-hydrogen) atoms. The summed E-state index contributed by atoms with van der Waals surface area (Å²) in [5.41, 5.74) is 6.89. The molecule has 0 aromatic heterocycles. The first kappa shape index (κ1) is 12.7. The van der Waals surface area contributed by atoms with Crippen LogP contribution in [0.2, 0.25) is 0 Å². The number of carbonyl (C=O) groups is 1. The highest BCUT2D eigenvalue weighted by molar-refractivity contribution is 5.80. The van der Waals surface area contributed by atoms with Gasteiger partial charge in [0.05, 0.1) is 12.0 Å². The van der Waals surface area contributed by atoms with Gasteiger partial charge < -0.3 is 5.32 Å². The van der Waals surface area contributed by atoms with E-state index in [-0.39, 0.29) is 23.7 Å². The van der Waals surface area contributed by atoms with E-state index in [2.05, 4.69) is 22.7 Å². The maximum atomic E-state index is 12.9. The molecule has 2 unspecified atom stereocenters. The number of hydrogen-bond donors (Lipinski definition) is 3. The fourth-order valence-electron chi connectivity index (χ4n) is 2.03. The van der Waals surface area contributed by atoms with Crippen molar-refractivity contribution in [3.05, 3.63) is 48.3 Å². The van der Waals surface area contributed by atoms with E-state index in [1.165, 1.54) is 12.1 Å². The van der Waals surface area contributed by atoms with Gasteiger partial charge in [-0.05, 0) is 17.7 Å². The zero-order chi connectivity index (χ0) is 13.0. The summed E-state index contributed by atoms with van der Waals surface area (Å²) >= 11 is 0. The average molecular weight is 249 g/mol. The molecule has 4 nitrogen and oxygen atoms in total. The van der Waals surface area contributed by atoms with Crippen LogP contribution < -0.4 is 16.2 Å². The van der Waals surface area contributed by atoms with Crippen LogP contribution in [0.5, 0.6) is 0 Å². The van der Waals surface area contributed by atoms with E-state index in [0.29, 0.717) is 13.1 Å². The zero-order valence-electron chi connectivity index (χ0n) is 9.95. The minimum Gasteiger partial charge on any atom is -0.352 e. The summed E-state index contributed by atoms with van der Waals surface area (Å²) in [6.45, 7) is 4.56. The third-order valence-corrected chi connectivity index (χ3v) is 2.97. The van der Waals surface area contributed by atoms with Gasteiger partial charge in [-0.25, -0.2) is 9.82 Å². The number of rotatable bonds is 4. The third-order valence-electron chi connectivity index (χ3n) is 2.97.